The minimum absolute atomic E-state index is 0.400. The Morgan fingerprint density at radius 1 is 1.07 bits per heavy atom. The number of nitrogens with zero attached hydrogens (tertiary/aromatic N) is 2. The summed E-state index contributed by atoms with van der Waals surface area (Å²) >= 11 is 6.13. The van der Waals surface area contributed by atoms with Crippen LogP contribution in [-0.4, -0.2) is 43.2 Å². The maximum Gasteiger partial charge on any atom is 0.118 e. The van der Waals surface area contributed by atoms with E-state index in [2.05, 4.69) is 41.2 Å². The van der Waals surface area contributed by atoms with Crippen LogP contribution in [0.1, 0.15) is 31.7 Å². The fourth-order valence-corrected chi connectivity index (χ4v) is 3.82. The first kappa shape index (κ1) is 21.4. The first-order valence-corrected chi connectivity index (χ1v) is 10.7. The lowest BCUT2D eigenvalue weighted by atomic mass is 9.95. The molecule has 3 rings (SSSR count). The summed E-state index contributed by atoms with van der Waals surface area (Å²) in [5.74, 6) is 1.29. The summed E-state index contributed by atoms with van der Waals surface area (Å²) in [5, 5.41) is 5.46. The lowest BCUT2D eigenvalue weighted by molar-refractivity contribution is 0.291. The number of benzene rings is 2. The van der Waals surface area contributed by atoms with Crippen molar-refractivity contribution >= 4 is 28.2 Å². The molecule has 29 heavy (non-hydrogen) atoms. The molecule has 0 aliphatic heterocycles. The maximum atomic E-state index is 6.13. The molecule has 0 spiro atoms. The molecule has 154 valence electrons. The monoisotopic (exact) mass is 411 g/mol. The fourth-order valence-electron chi connectivity index (χ4n) is 3.65. The lowest BCUT2D eigenvalue weighted by Gasteiger charge is -2.24. The zero-order chi connectivity index (χ0) is 20.6. The molecule has 2 aromatic carbocycles. The summed E-state index contributed by atoms with van der Waals surface area (Å²) in [7, 11) is 1.70. The van der Waals surface area contributed by atoms with Gasteiger partial charge < -0.3 is 15.0 Å². The van der Waals surface area contributed by atoms with E-state index in [-0.39, 0.29) is 0 Å². The van der Waals surface area contributed by atoms with Gasteiger partial charge in [0.15, 0.2) is 0 Å². The van der Waals surface area contributed by atoms with Crippen molar-refractivity contribution in [3.8, 4) is 5.75 Å². The molecule has 0 saturated heterocycles. The van der Waals surface area contributed by atoms with Gasteiger partial charge in [-0.1, -0.05) is 37.6 Å². The Morgan fingerprint density at radius 2 is 1.83 bits per heavy atom. The summed E-state index contributed by atoms with van der Waals surface area (Å²) < 4.78 is 5.33. The molecule has 1 heterocycles. The van der Waals surface area contributed by atoms with E-state index in [0.29, 0.717) is 10.9 Å². The normalized spacial score (nSPS) is 12.3. The second kappa shape index (κ2) is 10.5. The van der Waals surface area contributed by atoms with Gasteiger partial charge in [-0.2, -0.15) is 0 Å². The van der Waals surface area contributed by atoms with E-state index in [1.165, 1.54) is 5.56 Å². The molecule has 0 saturated carbocycles. The van der Waals surface area contributed by atoms with Crippen LogP contribution >= 0.6 is 11.6 Å². The molecule has 0 fully saturated rings. The lowest BCUT2D eigenvalue weighted by Crippen LogP contribution is -2.26. The Morgan fingerprint density at radius 3 is 2.52 bits per heavy atom. The molecule has 5 heteroatoms. The third-order valence-electron chi connectivity index (χ3n) is 5.52. The van der Waals surface area contributed by atoms with E-state index in [4.69, 9.17) is 16.3 Å². The highest BCUT2D eigenvalue weighted by molar-refractivity contribution is 6.31. The Bertz CT molecular complexity index is 910. The first-order chi connectivity index (χ1) is 14.1. The second-order valence-electron chi connectivity index (χ2n) is 7.19. The minimum atomic E-state index is 0.400. The zero-order valence-electron chi connectivity index (χ0n) is 17.5. The SMILES string of the molecule is CCN(CC)CC[C@H](CNc1ccnc2cc(Cl)ccc12)c1ccc(OC)cc1. The number of ether oxygens (including phenoxy) is 1. The number of pyridine rings is 1. The molecular formula is C24H30ClN3O. The number of hydrogen-bond acceptors (Lipinski definition) is 4. The van der Waals surface area contributed by atoms with Crippen molar-refractivity contribution < 1.29 is 4.74 Å². The number of rotatable bonds is 10. The van der Waals surface area contributed by atoms with Crippen molar-refractivity contribution in [1.29, 1.82) is 0 Å². The zero-order valence-corrected chi connectivity index (χ0v) is 18.2. The topological polar surface area (TPSA) is 37.4 Å². The third kappa shape index (κ3) is 5.62. The molecule has 0 bridgehead atoms. The quantitative estimate of drug-likeness (QED) is 0.455. The minimum Gasteiger partial charge on any atom is -0.497 e. The number of hydrogen-bond donors (Lipinski definition) is 1. The highest BCUT2D eigenvalue weighted by Crippen LogP contribution is 2.27. The van der Waals surface area contributed by atoms with Gasteiger partial charge in [-0.25, -0.2) is 0 Å². The number of nitrogens with one attached hydrogen (secondary N) is 1. The van der Waals surface area contributed by atoms with Gasteiger partial charge in [0.1, 0.15) is 5.75 Å². The number of halogens is 1. The summed E-state index contributed by atoms with van der Waals surface area (Å²) in [6.07, 6.45) is 2.93. The molecular weight excluding hydrogens is 382 g/mol. The number of aromatic nitrogens is 1. The van der Waals surface area contributed by atoms with E-state index in [9.17, 15) is 0 Å². The number of fused-ring (bicyclic) bond motifs is 1. The van der Waals surface area contributed by atoms with Gasteiger partial charge in [0.05, 0.1) is 12.6 Å². The van der Waals surface area contributed by atoms with Gasteiger partial charge in [0.25, 0.3) is 0 Å². The maximum absolute atomic E-state index is 6.13. The fraction of sp³-hybridized carbons (Fsp3) is 0.375. The highest BCUT2D eigenvalue weighted by atomic mass is 35.5. The summed E-state index contributed by atoms with van der Waals surface area (Å²) in [6.45, 7) is 8.54. The van der Waals surface area contributed by atoms with E-state index in [1.807, 2.05) is 42.6 Å². The van der Waals surface area contributed by atoms with E-state index in [1.54, 1.807) is 7.11 Å². The van der Waals surface area contributed by atoms with Gasteiger partial charge in [-0.15, -0.1) is 0 Å². The van der Waals surface area contributed by atoms with Crippen LogP contribution in [0.4, 0.5) is 5.69 Å². The molecule has 4 nitrogen and oxygen atoms in total. The van der Waals surface area contributed by atoms with E-state index < -0.39 is 0 Å². The second-order valence-corrected chi connectivity index (χ2v) is 7.62. The Hall–Kier alpha value is -2.30. The van der Waals surface area contributed by atoms with Crippen molar-refractivity contribution in [3.05, 3.63) is 65.3 Å². The molecule has 0 aliphatic rings. The average molecular weight is 412 g/mol. The number of methoxy groups -OCH3 is 1. The Kier molecular flexibility index (Phi) is 7.73. The van der Waals surface area contributed by atoms with Gasteiger partial charge in [0.2, 0.25) is 0 Å². The largest absolute Gasteiger partial charge is 0.497 e. The van der Waals surface area contributed by atoms with Crippen LogP contribution in [0.5, 0.6) is 5.75 Å². The van der Waals surface area contributed by atoms with Crippen molar-refractivity contribution in [2.24, 2.45) is 0 Å². The molecule has 0 aliphatic carbocycles. The molecule has 1 atom stereocenters. The van der Waals surface area contributed by atoms with Crippen LogP contribution in [-0.2, 0) is 0 Å². The predicted molar refractivity (Wildman–Crippen MR) is 123 cm³/mol. The summed E-state index contributed by atoms with van der Waals surface area (Å²) in [5.41, 5.74) is 3.33. The van der Waals surface area contributed by atoms with E-state index in [0.717, 1.165) is 54.9 Å². The first-order valence-electron chi connectivity index (χ1n) is 10.3. The predicted octanol–water partition coefficient (Wildman–Crippen LogP) is 5.82. The smallest absolute Gasteiger partial charge is 0.118 e. The van der Waals surface area contributed by atoms with Crippen LogP contribution in [0.2, 0.25) is 5.02 Å². The molecule has 0 amide bonds. The van der Waals surface area contributed by atoms with Crippen LogP contribution in [0.3, 0.4) is 0 Å². The molecule has 1 N–H and O–H groups in total. The highest BCUT2D eigenvalue weighted by Gasteiger charge is 2.14. The van der Waals surface area contributed by atoms with E-state index >= 15 is 0 Å². The van der Waals surface area contributed by atoms with Gasteiger partial charge in [-0.05, 0) is 68.0 Å². The molecule has 0 radical (unpaired) electrons. The van der Waals surface area contributed by atoms with Gasteiger partial charge >= 0.3 is 0 Å². The van der Waals surface area contributed by atoms with Gasteiger partial charge in [0, 0.05) is 34.8 Å². The Labute approximate surface area is 178 Å². The molecule has 1 aromatic heterocycles. The van der Waals surface area contributed by atoms with Crippen molar-refractivity contribution in [1.82, 2.24) is 9.88 Å². The van der Waals surface area contributed by atoms with Crippen LogP contribution in [0.15, 0.2) is 54.7 Å². The Balaban J connectivity index is 1.78. The van der Waals surface area contributed by atoms with Crippen LogP contribution < -0.4 is 10.1 Å². The third-order valence-corrected chi connectivity index (χ3v) is 5.75. The van der Waals surface area contributed by atoms with Gasteiger partial charge in [-0.3, -0.25) is 4.98 Å². The molecule has 3 aromatic rings. The average Bonchev–Trinajstić information content (AvgIpc) is 2.76. The summed E-state index contributed by atoms with van der Waals surface area (Å²) in [6, 6.07) is 16.3. The summed E-state index contributed by atoms with van der Waals surface area (Å²) in [4.78, 5) is 6.92. The van der Waals surface area contributed by atoms with Crippen LogP contribution in [0.25, 0.3) is 10.9 Å². The van der Waals surface area contributed by atoms with Crippen molar-refractivity contribution in [2.45, 2.75) is 26.2 Å². The standard InChI is InChI=1S/C24H30ClN3O/c1-4-28(5-2)15-13-19(18-6-9-21(29-3)10-7-18)17-27-23-12-14-26-24-16-20(25)8-11-22(23)24/h6-12,14,16,19H,4-5,13,15,17H2,1-3H3,(H,26,27)/t19-/m1/s1. The number of anilines is 1. The van der Waals surface area contributed by atoms with Crippen molar-refractivity contribution in [2.75, 3.05) is 38.6 Å². The molecule has 0 unspecified atom stereocenters. The van der Waals surface area contributed by atoms with Crippen LogP contribution in [0, 0.1) is 0 Å². The van der Waals surface area contributed by atoms with Crippen molar-refractivity contribution in [3.63, 3.8) is 0 Å².